The van der Waals surface area contributed by atoms with Crippen molar-refractivity contribution in [3.05, 3.63) is 59.8 Å². The molecule has 3 heteroatoms. The first-order chi connectivity index (χ1) is 8.15. The van der Waals surface area contributed by atoms with Crippen molar-refractivity contribution in [2.24, 2.45) is 0 Å². The van der Waals surface area contributed by atoms with E-state index < -0.39 is 0 Å². The van der Waals surface area contributed by atoms with Crippen molar-refractivity contribution in [3.8, 4) is 11.6 Å². The Hall–Kier alpha value is -1.80. The molecule has 2 rings (SSSR count). The second-order valence-electron chi connectivity index (χ2n) is 3.72. The zero-order valence-electron chi connectivity index (χ0n) is 9.48. The molecule has 0 N–H and O–H groups in total. The summed E-state index contributed by atoms with van der Waals surface area (Å²) >= 11 is 5.75. The fraction of sp³-hybridized carbons (Fsp3) is 0.0714. The summed E-state index contributed by atoms with van der Waals surface area (Å²) in [6, 6.07) is 11.2. The van der Waals surface area contributed by atoms with E-state index in [1.54, 1.807) is 18.3 Å². The van der Waals surface area contributed by atoms with Gasteiger partial charge in [-0.25, -0.2) is 4.98 Å². The third kappa shape index (κ3) is 3.08. The van der Waals surface area contributed by atoms with Crippen LogP contribution in [0.5, 0.6) is 11.6 Å². The van der Waals surface area contributed by atoms with Gasteiger partial charge in [0.1, 0.15) is 5.75 Å². The standard InChI is InChI=1S/C14H12ClNO/c1-10(2)11-4-3-5-13(8-11)17-14-7-6-12(15)9-16-14/h3-9H,1H2,2H3. The molecule has 17 heavy (non-hydrogen) atoms. The van der Waals surface area contributed by atoms with Gasteiger partial charge in [0.15, 0.2) is 0 Å². The summed E-state index contributed by atoms with van der Waals surface area (Å²) in [5.74, 6) is 1.26. The molecule has 0 radical (unpaired) electrons. The second-order valence-corrected chi connectivity index (χ2v) is 4.16. The van der Waals surface area contributed by atoms with Crippen LogP contribution in [0, 0.1) is 0 Å². The summed E-state index contributed by atoms with van der Waals surface area (Å²) in [5, 5.41) is 0.591. The Morgan fingerprint density at radius 1 is 1.29 bits per heavy atom. The lowest BCUT2D eigenvalue weighted by Crippen LogP contribution is -1.88. The number of pyridine rings is 1. The number of nitrogens with zero attached hydrogens (tertiary/aromatic N) is 1. The van der Waals surface area contributed by atoms with Gasteiger partial charge >= 0.3 is 0 Å². The van der Waals surface area contributed by atoms with Crippen molar-refractivity contribution < 1.29 is 4.74 Å². The topological polar surface area (TPSA) is 22.1 Å². The molecule has 0 amide bonds. The molecule has 2 nitrogen and oxygen atoms in total. The van der Waals surface area contributed by atoms with Gasteiger partial charge in [-0.2, -0.15) is 0 Å². The maximum Gasteiger partial charge on any atom is 0.219 e. The van der Waals surface area contributed by atoms with Gasteiger partial charge < -0.3 is 4.74 Å². The van der Waals surface area contributed by atoms with E-state index in [1.165, 1.54) is 0 Å². The zero-order valence-corrected chi connectivity index (χ0v) is 10.2. The van der Waals surface area contributed by atoms with Gasteiger partial charge in [-0.15, -0.1) is 0 Å². The average molecular weight is 246 g/mol. The molecule has 0 aliphatic heterocycles. The first-order valence-corrected chi connectivity index (χ1v) is 5.58. The first kappa shape index (κ1) is 11.7. The minimum Gasteiger partial charge on any atom is -0.439 e. The molecule has 0 bridgehead atoms. The van der Waals surface area contributed by atoms with Crippen LogP contribution in [0.3, 0.4) is 0 Å². The molecule has 0 saturated carbocycles. The molecule has 0 aliphatic rings. The van der Waals surface area contributed by atoms with Gasteiger partial charge in [-0.05, 0) is 30.7 Å². The fourth-order valence-corrected chi connectivity index (χ4v) is 1.48. The van der Waals surface area contributed by atoms with Crippen LogP contribution in [0.15, 0.2) is 49.2 Å². The van der Waals surface area contributed by atoms with E-state index >= 15 is 0 Å². The number of aromatic nitrogens is 1. The Morgan fingerprint density at radius 3 is 2.76 bits per heavy atom. The highest BCUT2D eigenvalue weighted by Gasteiger charge is 2.00. The molecular weight excluding hydrogens is 234 g/mol. The van der Waals surface area contributed by atoms with Crippen LogP contribution >= 0.6 is 11.6 Å². The lowest BCUT2D eigenvalue weighted by molar-refractivity contribution is 0.463. The van der Waals surface area contributed by atoms with Crippen molar-refractivity contribution in [2.75, 3.05) is 0 Å². The van der Waals surface area contributed by atoms with E-state index in [2.05, 4.69) is 11.6 Å². The highest BCUT2D eigenvalue weighted by molar-refractivity contribution is 6.30. The van der Waals surface area contributed by atoms with Gasteiger partial charge in [0.2, 0.25) is 5.88 Å². The third-order valence-electron chi connectivity index (χ3n) is 2.25. The van der Waals surface area contributed by atoms with Crippen molar-refractivity contribution in [2.45, 2.75) is 6.92 Å². The van der Waals surface area contributed by atoms with E-state index in [1.807, 2.05) is 31.2 Å². The van der Waals surface area contributed by atoms with Crippen LogP contribution in [0.25, 0.3) is 5.57 Å². The Morgan fingerprint density at radius 2 is 2.12 bits per heavy atom. The van der Waals surface area contributed by atoms with E-state index in [-0.39, 0.29) is 0 Å². The van der Waals surface area contributed by atoms with Crippen molar-refractivity contribution in [1.82, 2.24) is 4.98 Å². The number of benzene rings is 1. The molecule has 0 aliphatic carbocycles. The van der Waals surface area contributed by atoms with Crippen LogP contribution in [0.4, 0.5) is 0 Å². The molecule has 1 aromatic heterocycles. The number of rotatable bonds is 3. The van der Waals surface area contributed by atoms with Gasteiger partial charge in [0.25, 0.3) is 0 Å². The Bertz CT molecular complexity index is 534. The normalized spacial score (nSPS) is 10.0. The predicted octanol–water partition coefficient (Wildman–Crippen LogP) is 4.56. The molecule has 0 unspecified atom stereocenters. The van der Waals surface area contributed by atoms with E-state index in [9.17, 15) is 0 Å². The highest BCUT2D eigenvalue weighted by Crippen LogP contribution is 2.23. The molecule has 0 spiro atoms. The van der Waals surface area contributed by atoms with Crippen LogP contribution in [-0.4, -0.2) is 4.98 Å². The molecule has 1 aromatic carbocycles. The maximum absolute atomic E-state index is 5.75. The number of allylic oxidation sites excluding steroid dienone is 1. The minimum absolute atomic E-state index is 0.522. The number of halogens is 1. The number of hydrogen-bond acceptors (Lipinski definition) is 2. The molecule has 0 fully saturated rings. The minimum atomic E-state index is 0.522. The van der Waals surface area contributed by atoms with E-state index in [0.29, 0.717) is 10.9 Å². The van der Waals surface area contributed by atoms with Crippen LogP contribution < -0.4 is 4.74 Å². The van der Waals surface area contributed by atoms with Crippen LogP contribution in [0.2, 0.25) is 5.02 Å². The summed E-state index contributed by atoms with van der Waals surface area (Å²) in [6.45, 7) is 5.85. The number of hydrogen-bond donors (Lipinski definition) is 0. The molecule has 86 valence electrons. The van der Waals surface area contributed by atoms with Crippen molar-refractivity contribution in [3.63, 3.8) is 0 Å². The monoisotopic (exact) mass is 245 g/mol. The molecule has 0 saturated heterocycles. The number of ether oxygens (including phenoxy) is 1. The summed E-state index contributed by atoms with van der Waals surface area (Å²) in [6.07, 6.45) is 1.56. The summed E-state index contributed by atoms with van der Waals surface area (Å²) in [4.78, 5) is 4.07. The molecular formula is C14H12ClNO. The van der Waals surface area contributed by atoms with E-state index in [0.717, 1.165) is 16.9 Å². The fourth-order valence-electron chi connectivity index (χ4n) is 1.37. The van der Waals surface area contributed by atoms with Gasteiger partial charge in [-0.1, -0.05) is 35.9 Å². The molecule has 2 aromatic rings. The Labute approximate surface area is 106 Å². The largest absolute Gasteiger partial charge is 0.439 e. The van der Waals surface area contributed by atoms with Crippen molar-refractivity contribution >= 4 is 17.2 Å². The van der Waals surface area contributed by atoms with Gasteiger partial charge in [0.05, 0.1) is 5.02 Å². The van der Waals surface area contributed by atoms with Crippen molar-refractivity contribution in [1.29, 1.82) is 0 Å². The van der Waals surface area contributed by atoms with Gasteiger partial charge in [-0.3, -0.25) is 0 Å². The first-order valence-electron chi connectivity index (χ1n) is 5.20. The average Bonchev–Trinajstić information content (AvgIpc) is 2.32. The smallest absolute Gasteiger partial charge is 0.219 e. The summed E-state index contributed by atoms with van der Waals surface area (Å²) < 4.78 is 5.61. The van der Waals surface area contributed by atoms with Gasteiger partial charge in [0, 0.05) is 12.3 Å². The lowest BCUT2D eigenvalue weighted by Gasteiger charge is -2.06. The SMILES string of the molecule is C=C(C)c1cccc(Oc2ccc(Cl)cn2)c1. The molecule has 1 heterocycles. The summed E-state index contributed by atoms with van der Waals surface area (Å²) in [7, 11) is 0. The van der Waals surface area contributed by atoms with E-state index in [4.69, 9.17) is 16.3 Å². The predicted molar refractivity (Wildman–Crippen MR) is 70.5 cm³/mol. The van der Waals surface area contributed by atoms with Crippen LogP contribution in [0.1, 0.15) is 12.5 Å². The maximum atomic E-state index is 5.75. The highest BCUT2D eigenvalue weighted by atomic mass is 35.5. The Kier molecular flexibility index (Phi) is 3.45. The lowest BCUT2D eigenvalue weighted by atomic mass is 10.1. The quantitative estimate of drug-likeness (QED) is 0.791. The third-order valence-corrected chi connectivity index (χ3v) is 2.47. The Balaban J connectivity index is 2.21. The molecule has 0 atom stereocenters. The second kappa shape index (κ2) is 5.02. The summed E-state index contributed by atoms with van der Waals surface area (Å²) in [5.41, 5.74) is 2.05. The van der Waals surface area contributed by atoms with Crippen LogP contribution in [-0.2, 0) is 0 Å². The zero-order chi connectivity index (χ0) is 12.3.